The van der Waals surface area contributed by atoms with Gasteiger partial charge >= 0.3 is 0 Å². The predicted octanol–water partition coefficient (Wildman–Crippen LogP) is 2.96. The van der Waals surface area contributed by atoms with Crippen molar-refractivity contribution < 1.29 is 9.26 Å². The van der Waals surface area contributed by atoms with E-state index in [-0.39, 0.29) is 5.41 Å². The topological polar surface area (TPSA) is 48.2 Å². The summed E-state index contributed by atoms with van der Waals surface area (Å²) >= 11 is 1.71. The zero-order valence-electron chi connectivity index (χ0n) is 10.5. The second-order valence-electron chi connectivity index (χ2n) is 5.12. The molecule has 0 saturated carbocycles. The third-order valence-electron chi connectivity index (χ3n) is 3.41. The molecule has 1 saturated heterocycles. The number of aromatic nitrogens is 2. The Morgan fingerprint density at radius 1 is 1.44 bits per heavy atom. The second kappa shape index (κ2) is 4.48. The Labute approximate surface area is 110 Å². The predicted molar refractivity (Wildman–Crippen MR) is 68.9 cm³/mol. The van der Waals surface area contributed by atoms with Crippen molar-refractivity contribution in [2.24, 2.45) is 0 Å². The Hall–Kier alpha value is -1.20. The van der Waals surface area contributed by atoms with Crippen LogP contribution < -0.4 is 0 Å². The maximum absolute atomic E-state index is 5.46. The van der Waals surface area contributed by atoms with Crippen LogP contribution in [0.4, 0.5) is 0 Å². The van der Waals surface area contributed by atoms with E-state index in [2.05, 4.69) is 35.4 Å². The highest BCUT2D eigenvalue weighted by atomic mass is 32.1. The van der Waals surface area contributed by atoms with Crippen LogP contribution in [0.15, 0.2) is 22.0 Å². The molecule has 3 heterocycles. The highest BCUT2D eigenvalue weighted by Gasteiger charge is 2.32. The summed E-state index contributed by atoms with van der Waals surface area (Å²) < 4.78 is 10.8. The van der Waals surface area contributed by atoms with E-state index in [1.165, 1.54) is 4.88 Å². The molecule has 1 aliphatic rings. The molecule has 1 atom stereocenters. The van der Waals surface area contributed by atoms with Gasteiger partial charge in [0.25, 0.3) is 0 Å². The molecule has 0 bridgehead atoms. The first-order valence-corrected chi connectivity index (χ1v) is 7.01. The van der Waals surface area contributed by atoms with E-state index in [9.17, 15) is 0 Å². The van der Waals surface area contributed by atoms with Crippen LogP contribution in [0.5, 0.6) is 0 Å². The lowest BCUT2D eigenvalue weighted by Gasteiger charge is -2.17. The second-order valence-corrected chi connectivity index (χ2v) is 6.07. The summed E-state index contributed by atoms with van der Waals surface area (Å²) in [4.78, 5) is 5.81. The maximum atomic E-state index is 5.46. The number of nitrogens with zero attached hydrogens (tertiary/aromatic N) is 2. The van der Waals surface area contributed by atoms with Gasteiger partial charge in [-0.25, -0.2) is 0 Å². The van der Waals surface area contributed by atoms with Crippen molar-refractivity contribution in [1.29, 1.82) is 0 Å². The van der Waals surface area contributed by atoms with Gasteiger partial charge in [0.15, 0.2) is 5.82 Å². The summed E-state index contributed by atoms with van der Waals surface area (Å²) in [7, 11) is 0. The molecule has 96 valence electrons. The van der Waals surface area contributed by atoms with Crippen molar-refractivity contribution in [3.8, 4) is 0 Å². The molecule has 4 nitrogen and oxygen atoms in total. The summed E-state index contributed by atoms with van der Waals surface area (Å²) in [5, 5.41) is 6.18. The maximum Gasteiger partial charge on any atom is 0.237 e. The molecular formula is C13H16N2O2S. The molecule has 18 heavy (non-hydrogen) atoms. The van der Waals surface area contributed by atoms with Crippen LogP contribution in [0.1, 0.15) is 42.8 Å². The molecule has 0 aliphatic carbocycles. The van der Waals surface area contributed by atoms with E-state index >= 15 is 0 Å². The molecule has 0 aromatic carbocycles. The van der Waals surface area contributed by atoms with Crippen molar-refractivity contribution in [2.45, 2.75) is 31.6 Å². The van der Waals surface area contributed by atoms with Crippen LogP contribution in [0.3, 0.4) is 0 Å². The number of ether oxygens (including phenoxy) is 1. The Kier molecular flexibility index (Phi) is 2.95. The zero-order chi connectivity index (χ0) is 12.6. The number of rotatable bonds is 3. The van der Waals surface area contributed by atoms with Crippen LogP contribution in [-0.2, 0) is 10.2 Å². The van der Waals surface area contributed by atoms with Gasteiger partial charge in [0.05, 0.1) is 12.0 Å². The first-order chi connectivity index (χ1) is 8.68. The Balaban J connectivity index is 1.88. The van der Waals surface area contributed by atoms with Crippen LogP contribution in [0.25, 0.3) is 0 Å². The van der Waals surface area contributed by atoms with Crippen molar-refractivity contribution in [3.05, 3.63) is 34.1 Å². The van der Waals surface area contributed by atoms with Gasteiger partial charge in [0.2, 0.25) is 5.89 Å². The largest absolute Gasteiger partial charge is 0.381 e. The molecule has 3 rings (SSSR count). The van der Waals surface area contributed by atoms with Crippen molar-refractivity contribution >= 4 is 11.3 Å². The fourth-order valence-electron chi connectivity index (χ4n) is 2.13. The minimum absolute atomic E-state index is 0.223. The van der Waals surface area contributed by atoms with E-state index < -0.39 is 0 Å². The number of thiophene rings is 1. The zero-order valence-corrected chi connectivity index (χ0v) is 11.4. The van der Waals surface area contributed by atoms with E-state index in [0.717, 1.165) is 18.9 Å². The third kappa shape index (κ3) is 1.97. The van der Waals surface area contributed by atoms with Gasteiger partial charge < -0.3 is 9.26 Å². The van der Waals surface area contributed by atoms with Crippen molar-refractivity contribution in [3.63, 3.8) is 0 Å². The summed E-state index contributed by atoms with van der Waals surface area (Å²) in [6.07, 6.45) is 0.985. The SMILES string of the molecule is CC(C)(c1nc([C@H]2CCOC2)no1)c1cccs1. The standard InChI is InChI=1S/C13H16N2O2S/c1-13(2,10-4-3-7-18-10)12-14-11(15-17-12)9-5-6-16-8-9/h3-4,7,9H,5-6,8H2,1-2H3/t9-/m0/s1. The molecule has 0 N–H and O–H groups in total. The lowest BCUT2D eigenvalue weighted by atomic mass is 9.91. The Morgan fingerprint density at radius 2 is 2.33 bits per heavy atom. The van der Waals surface area contributed by atoms with Gasteiger partial charge in [-0.05, 0) is 31.7 Å². The van der Waals surface area contributed by atoms with Gasteiger partial charge in [0.1, 0.15) is 0 Å². The smallest absolute Gasteiger partial charge is 0.237 e. The normalized spacial score (nSPS) is 20.4. The summed E-state index contributed by atoms with van der Waals surface area (Å²) in [5.41, 5.74) is -0.223. The van der Waals surface area contributed by atoms with Gasteiger partial charge in [-0.3, -0.25) is 0 Å². The lowest BCUT2D eigenvalue weighted by molar-refractivity contribution is 0.192. The molecule has 2 aromatic heterocycles. The minimum Gasteiger partial charge on any atom is -0.381 e. The Bertz CT molecular complexity index is 513. The Morgan fingerprint density at radius 3 is 3.00 bits per heavy atom. The lowest BCUT2D eigenvalue weighted by Crippen LogP contribution is -2.18. The molecule has 5 heteroatoms. The van der Waals surface area contributed by atoms with Crippen molar-refractivity contribution in [1.82, 2.24) is 10.1 Å². The monoisotopic (exact) mass is 264 g/mol. The quantitative estimate of drug-likeness (QED) is 0.855. The molecule has 0 spiro atoms. The molecule has 1 aliphatic heterocycles. The van der Waals surface area contributed by atoms with Crippen LogP contribution in [0, 0.1) is 0 Å². The number of hydrogen-bond acceptors (Lipinski definition) is 5. The minimum atomic E-state index is -0.223. The summed E-state index contributed by atoms with van der Waals surface area (Å²) in [6, 6.07) is 4.15. The highest BCUT2D eigenvalue weighted by molar-refractivity contribution is 7.10. The molecule has 0 radical (unpaired) electrons. The fourth-order valence-corrected chi connectivity index (χ4v) is 2.98. The van der Waals surface area contributed by atoms with Crippen LogP contribution in [0.2, 0.25) is 0 Å². The van der Waals surface area contributed by atoms with E-state index in [0.29, 0.717) is 18.4 Å². The van der Waals surface area contributed by atoms with Crippen LogP contribution >= 0.6 is 11.3 Å². The molecule has 1 fully saturated rings. The summed E-state index contributed by atoms with van der Waals surface area (Å²) in [6.45, 7) is 5.73. The van der Waals surface area contributed by atoms with Gasteiger partial charge in [-0.2, -0.15) is 4.98 Å². The molecule has 0 unspecified atom stereocenters. The van der Waals surface area contributed by atoms with Gasteiger partial charge in [0, 0.05) is 17.4 Å². The van der Waals surface area contributed by atoms with Crippen molar-refractivity contribution in [2.75, 3.05) is 13.2 Å². The van der Waals surface area contributed by atoms with E-state index in [1.807, 2.05) is 6.07 Å². The number of hydrogen-bond donors (Lipinski definition) is 0. The first kappa shape index (κ1) is 11.9. The average Bonchev–Trinajstić information content (AvgIpc) is 3.12. The highest BCUT2D eigenvalue weighted by Crippen LogP contribution is 2.34. The fraction of sp³-hybridized carbons (Fsp3) is 0.538. The molecular weight excluding hydrogens is 248 g/mol. The summed E-state index contributed by atoms with van der Waals surface area (Å²) in [5.74, 6) is 1.76. The third-order valence-corrected chi connectivity index (χ3v) is 4.60. The first-order valence-electron chi connectivity index (χ1n) is 6.14. The average molecular weight is 264 g/mol. The molecule has 2 aromatic rings. The van der Waals surface area contributed by atoms with Gasteiger partial charge in [-0.1, -0.05) is 11.2 Å². The molecule has 0 amide bonds. The van der Waals surface area contributed by atoms with Gasteiger partial charge in [-0.15, -0.1) is 11.3 Å². The van der Waals surface area contributed by atoms with Crippen LogP contribution in [-0.4, -0.2) is 23.4 Å². The van der Waals surface area contributed by atoms with E-state index in [1.54, 1.807) is 11.3 Å². The van der Waals surface area contributed by atoms with E-state index in [4.69, 9.17) is 9.26 Å².